The third kappa shape index (κ3) is 6.79. The molecule has 4 atom stereocenters. The molecule has 1 aliphatic carbocycles. The Balaban J connectivity index is 1.50. The van der Waals surface area contributed by atoms with Crippen LogP contribution in [0, 0.1) is 5.92 Å². The summed E-state index contributed by atoms with van der Waals surface area (Å²) in [5.41, 5.74) is 0.0926. The smallest absolute Gasteiger partial charge is 0.408 e. The van der Waals surface area contributed by atoms with E-state index in [1.807, 2.05) is 32.6 Å². The number of thiazole rings is 1. The normalized spacial score (nSPS) is 23.7. The average Bonchev–Trinajstić information content (AvgIpc) is 3.65. The number of benzene rings is 1. The van der Waals surface area contributed by atoms with Gasteiger partial charge >= 0.3 is 6.09 Å². The van der Waals surface area contributed by atoms with Crippen LogP contribution in [0.25, 0.3) is 0 Å². The van der Waals surface area contributed by atoms with E-state index < -0.39 is 23.7 Å². The molecular weight excluding hydrogens is 580 g/mol. The topological polar surface area (TPSA) is 113 Å². The van der Waals surface area contributed by atoms with Gasteiger partial charge in [0, 0.05) is 48.8 Å². The predicted octanol–water partition coefficient (Wildman–Crippen LogP) is 5.47. The minimum absolute atomic E-state index is 0.0477. The number of carbonyl (C=O) groups excluding carboxylic acids is 2. The summed E-state index contributed by atoms with van der Waals surface area (Å²) in [5, 5.41) is 12.9. The first-order chi connectivity index (χ1) is 21.0. The van der Waals surface area contributed by atoms with Gasteiger partial charge in [-0.25, -0.2) is 9.78 Å². The fourth-order valence-corrected chi connectivity index (χ4v) is 8.14. The van der Waals surface area contributed by atoms with E-state index in [1.165, 1.54) is 16.2 Å². The van der Waals surface area contributed by atoms with Crippen LogP contribution in [0.4, 0.5) is 4.79 Å². The summed E-state index contributed by atoms with van der Waals surface area (Å²) in [6.45, 7) is 10.0. The minimum atomic E-state index is -1.07. The number of amides is 2. The van der Waals surface area contributed by atoms with Crippen LogP contribution in [0.1, 0.15) is 93.3 Å². The van der Waals surface area contributed by atoms with Crippen molar-refractivity contribution in [1.29, 1.82) is 0 Å². The molecule has 0 radical (unpaired) electrons. The van der Waals surface area contributed by atoms with Crippen molar-refractivity contribution in [2.75, 3.05) is 33.4 Å². The zero-order valence-corrected chi connectivity index (χ0v) is 27.3. The Morgan fingerprint density at radius 1 is 1.09 bits per heavy atom. The number of piperazine rings is 1. The second kappa shape index (κ2) is 13.5. The molecule has 3 aliphatic rings. The molecule has 10 nitrogen and oxygen atoms in total. The van der Waals surface area contributed by atoms with Crippen molar-refractivity contribution in [2.24, 2.45) is 5.92 Å². The lowest BCUT2D eigenvalue weighted by Gasteiger charge is -2.48. The number of fused-ring (bicyclic) bond motifs is 1. The van der Waals surface area contributed by atoms with Gasteiger partial charge in [-0.15, -0.1) is 11.3 Å². The van der Waals surface area contributed by atoms with Gasteiger partial charge < -0.3 is 19.5 Å². The molecule has 2 saturated heterocycles. The number of carboxylic acid groups (broad SMARTS) is 1. The molecular formula is C33H46N4O6S. The second-order valence-electron chi connectivity index (χ2n) is 13.2. The van der Waals surface area contributed by atoms with Gasteiger partial charge in [-0.2, -0.15) is 0 Å². The number of methoxy groups -OCH3 is 1. The van der Waals surface area contributed by atoms with Crippen LogP contribution < -0.4 is 4.74 Å². The number of carbonyl (C=O) groups is 3. The maximum absolute atomic E-state index is 14.9. The van der Waals surface area contributed by atoms with Crippen molar-refractivity contribution in [1.82, 2.24) is 19.7 Å². The van der Waals surface area contributed by atoms with Gasteiger partial charge in [0.1, 0.15) is 22.5 Å². The summed E-state index contributed by atoms with van der Waals surface area (Å²) >= 11 is 1.38. The zero-order valence-electron chi connectivity index (χ0n) is 26.5. The highest BCUT2D eigenvalue weighted by molar-refractivity contribution is 7.10. The number of ether oxygens (including phenoxy) is 2. The number of nitrogens with zero attached hydrogens (tertiary/aromatic N) is 4. The molecule has 0 spiro atoms. The van der Waals surface area contributed by atoms with E-state index in [9.17, 15) is 19.5 Å². The molecule has 2 aromatic rings. The van der Waals surface area contributed by atoms with Crippen LogP contribution in [-0.2, 0) is 9.53 Å². The summed E-state index contributed by atoms with van der Waals surface area (Å²) in [6, 6.07) is 5.88. The Morgan fingerprint density at radius 2 is 1.80 bits per heavy atom. The van der Waals surface area contributed by atoms with E-state index in [4.69, 9.17) is 14.5 Å². The Bertz CT molecular complexity index is 1320. The first-order valence-electron chi connectivity index (χ1n) is 15.8. The van der Waals surface area contributed by atoms with Crippen LogP contribution in [-0.4, -0.2) is 99.7 Å². The molecule has 1 N–H and O–H groups in total. The van der Waals surface area contributed by atoms with Crippen LogP contribution in [0.3, 0.4) is 0 Å². The summed E-state index contributed by atoms with van der Waals surface area (Å²) in [7, 11) is 1.58. The number of hydrogen-bond donors (Lipinski definition) is 1. The number of hydrogen-bond acceptors (Lipinski definition) is 8. The molecule has 11 heteroatoms. The van der Waals surface area contributed by atoms with Crippen LogP contribution in [0.2, 0.25) is 0 Å². The Labute approximate surface area is 264 Å². The minimum Gasteiger partial charge on any atom is -0.497 e. The molecule has 3 heterocycles. The molecule has 1 aromatic heterocycles. The van der Waals surface area contributed by atoms with Crippen LogP contribution in [0.5, 0.6) is 5.75 Å². The van der Waals surface area contributed by atoms with Gasteiger partial charge in [0.05, 0.1) is 19.3 Å². The van der Waals surface area contributed by atoms with Gasteiger partial charge in [-0.1, -0.05) is 19.3 Å². The fraction of sp³-hybridized carbons (Fsp3) is 0.636. The molecule has 2 amide bonds. The summed E-state index contributed by atoms with van der Waals surface area (Å²) < 4.78 is 11.2. The molecule has 1 aromatic carbocycles. The molecule has 240 valence electrons. The van der Waals surface area contributed by atoms with Gasteiger partial charge in [-0.05, 0) is 77.1 Å². The molecule has 0 unspecified atom stereocenters. The zero-order chi connectivity index (χ0) is 31.6. The van der Waals surface area contributed by atoms with Gasteiger partial charge in [-0.3, -0.25) is 19.4 Å². The van der Waals surface area contributed by atoms with E-state index >= 15 is 0 Å². The highest BCUT2D eigenvalue weighted by Gasteiger charge is 2.49. The van der Waals surface area contributed by atoms with E-state index in [2.05, 4.69) is 4.90 Å². The Kier molecular flexibility index (Phi) is 9.96. The number of rotatable bonds is 9. The standard InChI is InChI=1S/C33H46N4O6S/c1-6-43-25-16-23-17-36(31(39)28(21-10-8-7-9-11-21)37(32(40)41)33(2,3)4)27(19-35(23)18-25)30-34-26(20-44-30)29(38)22-12-14-24(42-5)15-13-22/h12-15,20-21,23,25,27-28H,6-11,16-19H2,1-5H3,(H,40,41)/t23-,25-,27+,28+/m1/s1. The first kappa shape index (κ1) is 32.4. The van der Waals surface area contributed by atoms with Crippen molar-refractivity contribution in [3.8, 4) is 5.75 Å². The van der Waals surface area contributed by atoms with Gasteiger partial charge in [0.2, 0.25) is 11.7 Å². The van der Waals surface area contributed by atoms with E-state index in [0.29, 0.717) is 41.7 Å². The molecule has 1 saturated carbocycles. The maximum Gasteiger partial charge on any atom is 0.408 e. The predicted molar refractivity (Wildman–Crippen MR) is 168 cm³/mol. The van der Waals surface area contributed by atoms with E-state index in [0.717, 1.165) is 45.1 Å². The highest BCUT2D eigenvalue weighted by atomic mass is 32.1. The summed E-state index contributed by atoms with van der Waals surface area (Å²) in [6.07, 6.45) is 4.57. The van der Waals surface area contributed by atoms with Crippen molar-refractivity contribution in [2.45, 2.75) is 96.0 Å². The van der Waals surface area contributed by atoms with Crippen LogP contribution in [0.15, 0.2) is 29.6 Å². The van der Waals surface area contributed by atoms with Crippen molar-refractivity contribution < 1.29 is 29.0 Å². The third-order valence-corrected chi connectivity index (χ3v) is 10.3. The van der Waals surface area contributed by atoms with Crippen molar-refractivity contribution in [3.05, 3.63) is 45.9 Å². The lowest BCUT2D eigenvalue weighted by Crippen LogP contribution is -2.63. The van der Waals surface area contributed by atoms with Crippen LogP contribution >= 0.6 is 11.3 Å². The monoisotopic (exact) mass is 626 g/mol. The van der Waals surface area contributed by atoms with E-state index in [-0.39, 0.29) is 29.8 Å². The summed E-state index contributed by atoms with van der Waals surface area (Å²) in [4.78, 5) is 51.5. The van der Waals surface area contributed by atoms with Gasteiger partial charge in [0.25, 0.3) is 0 Å². The molecule has 3 fully saturated rings. The Hall–Kier alpha value is -3.02. The second-order valence-corrected chi connectivity index (χ2v) is 14.1. The van der Waals surface area contributed by atoms with E-state index in [1.54, 1.807) is 36.8 Å². The lowest BCUT2D eigenvalue weighted by molar-refractivity contribution is -0.147. The maximum atomic E-state index is 14.9. The quantitative estimate of drug-likeness (QED) is 0.365. The average molecular weight is 627 g/mol. The summed E-state index contributed by atoms with van der Waals surface area (Å²) in [5.74, 6) is 0.273. The number of aromatic nitrogens is 1. The SMILES string of the molecule is CCO[C@@H]1C[C@@H]2CN(C(=O)[C@H](C3CCCCC3)N(C(=O)O)C(C)(C)C)[C@H](c3nc(C(=O)c4ccc(OC)cc4)cs3)CN2C1. The first-order valence-corrected chi connectivity index (χ1v) is 16.7. The molecule has 2 aliphatic heterocycles. The highest BCUT2D eigenvalue weighted by Crippen LogP contribution is 2.39. The Morgan fingerprint density at radius 3 is 2.41 bits per heavy atom. The molecule has 0 bridgehead atoms. The third-order valence-electron chi connectivity index (χ3n) is 9.31. The fourth-order valence-electron chi connectivity index (χ4n) is 7.24. The van der Waals surface area contributed by atoms with Crippen molar-refractivity contribution >= 4 is 29.1 Å². The largest absolute Gasteiger partial charge is 0.497 e. The molecule has 5 rings (SSSR count). The lowest BCUT2D eigenvalue weighted by atomic mass is 9.81. The van der Waals surface area contributed by atoms with Gasteiger partial charge in [0.15, 0.2) is 0 Å². The number of ketones is 1. The van der Waals surface area contributed by atoms with Crippen molar-refractivity contribution in [3.63, 3.8) is 0 Å². The molecule has 44 heavy (non-hydrogen) atoms.